The Morgan fingerprint density at radius 3 is 2.51 bits per heavy atom. The number of urea groups is 1. The van der Waals surface area contributed by atoms with Gasteiger partial charge in [0.1, 0.15) is 23.2 Å². The number of rotatable bonds is 8. The predicted molar refractivity (Wildman–Crippen MR) is 155 cm³/mol. The number of benzene rings is 1. The van der Waals surface area contributed by atoms with Gasteiger partial charge in [-0.3, -0.25) is 34.0 Å². The standard InChI is InChI=1S/C29H28N6O7S/c1-2-33-13-14-34(26(39)25(33)38)29(42)32-20(18-8-4-3-5-9-18)23(36)31-21-24(37)35-22(28(40)41)19(16-43-27(21)35)11-10-17-7-6-12-30-15-17/h3-12,15,20-21,27H,2,13-14,16H2,1H3,(H,31,36)(H,32,42)(H,40,41)/t20-,21?,27-/m1/s1. The number of carbonyl (C=O) groups excluding carboxylic acids is 5. The minimum atomic E-state index is -1.30. The summed E-state index contributed by atoms with van der Waals surface area (Å²) in [5, 5.41) is 14.5. The Balaban J connectivity index is 1.32. The summed E-state index contributed by atoms with van der Waals surface area (Å²) in [7, 11) is 0. The van der Waals surface area contributed by atoms with E-state index in [0.29, 0.717) is 17.7 Å². The second kappa shape index (κ2) is 12.5. The molecule has 6 amide bonds. The van der Waals surface area contributed by atoms with Crippen LogP contribution in [0.5, 0.6) is 0 Å². The molecule has 1 unspecified atom stereocenters. The van der Waals surface area contributed by atoms with Gasteiger partial charge in [0.15, 0.2) is 0 Å². The van der Waals surface area contributed by atoms with Gasteiger partial charge in [-0.25, -0.2) is 9.59 Å². The summed E-state index contributed by atoms with van der Waals surface area (Å²) in [6.07, 6.45) is 6.59. The van der Waals surface area contributed by atoms with Gasteiger partial charge in [-0.1, -0.05) is 48.6 Å². The molecule has 0 radical (unpaired) electrons. The Morgan fingerprint density at radius 2 is 1.84 bits per heavy atom. The van der Waals surface area contributed by atoms with Crippen LogP contribution < -0.4 is 10.6 Å². The van der Waals surface area contributed by atoms with Gasteiger partial charge in [-0.15, -0.1) is 11.8 Å². The summed E-state index contributed by atoms with van der Waals surface area (Å²) in [4.78, 5) is 84.2. The average Bonchev–Trinajstić information content (AvgIpc) is 3.02. The van der Waals surface area contributed by atoms with E-state index >= 15 is 0 Å². The number of hydrogen-bond donors (Lipinski definition) is 3. The molecule has 1 aromatic heterocycles. The normalized spacial score (nSPS) is 21.0. The zero-order chi connectivity index (χ0) is 30.7. The predicted octanol–water partition coefficient (Wildman–Crippen LogP) is 0.975. The molecule has 3 aliphatic heterocycles. The molecule has 0 aliphatic carbocycles. The summed E-state index contributed by atoms with van der Waals surface area (Å²) >= 11 is 1.30. The minimum absolute atomic E-state index is 0.0377. The number of aromatic nitrogens is 1. The van der Waals surface area contributed by atoms with Crippen LogP contribution in [0.3, 0.4) is 0 Å². The van der Waals surface area contributed by atoms with Gasteiger partial charge in [-0.05, 0) is 29.7 Å². The van der Waals surface area contributed by atoms with E-state index in [1.54, 1.807) is 67.9 Å². The Bertz CT molecular complexity index is 1530. The van der Waals surface area contributed by atoms with Crippen LogP contribution in [-0.4, -0.2) is 97.2 Å². The van der Waals surface area contributed by atoms with Crippen molar-refractivity contribution in [3.63, 3.8) is 0 Å². The lowest BCUT2D eigenvalue weighted by Crippen LogP contribution is -2.71. The number of amides is 6. The van der Waals surface area contributed by atoms with Gasteiger partial charge in [0, 0.05) is 37.8 Å². The largest absolute Gasteiger partial charge is 0.477 e. The Morgan fingerprint density at radius 1 is 1.07 bits per heavy atom. The molecule has 3 aliphatic rings. The van der Waals surface area contributed by atoms with Gasteiger partial charge >= 0.3 is 23.8 Å². The Kier molecular flexibility index (Phi) is 8.57. The SMILES string of the molecule is CCN1CCN(C(=O)N[C@@H](C(=O)NC2C(=O)N3C(C(=O)O)=C(C=Cc4cccnc4)CS[C@H]23)c2ccccc2)C(=O)C1=O. The minimum Gasteiger partial charge on any atom is -0.477 e. The van der Waals surface area contributed by atoms with Crippen LogP contribution in [0.15, 0.2) is 72.2 Å². The maximum atomic E-state index is 13.5. The van der Waals surface area contributed by atoms with Crippen molar-refractivity contribution in [2.24, 2.45) is 0 Å². The van der Waals surface area contributed by atoms with Crippen molar-refractivity contribution in [3.05, 3.63) is 83.3 Å². The van der Waals surface area contributed by atoms with Gasteiger partial charge in [0.2, 0.25) is 5.91 Å². The fourth-order valence-corrected chi connectivity index (χ4v) is 6.31. The number of imide groups is 1. The average molecular weight is 605 g/mol. The van der Waals surface area contributed by atoms with Crippen LogP contribution in [0.25, 0.3) is 6.08 Å². The number of carbonyl (C=O) groups is 6. The quantitative estimate of drug-likeness (QED) is 0.294. The number of piperazine rings is 1. The van der Waals surface area contributed by atoms with E-state index in [0.717, 1.165) is 15.4 Å². The van der Waals surface area contributed by atoms with Crippen LogP contribution in [-0.2, 0) is 24.0 Å². The molecule has 2 fully saturated rings. The summed E-state index contributed by atoms with van der Waals surface area (Å²) in [5.41, 5.74) is 1.42. The van der Waals surface area contributed by atoms with E-state index in [1.165, 1.54) is 16.7 Å². The molecule has 13 nitrogen and oxygen atoms in total. The van der Waals surface area contributed by atoms with Crippen molar-refractivity contribution in [2.75, 3.05) is 25.4 Å². The highest BCUT2D eigenvalue weighted by molar-refractivity contribution is 8.00. The number of likely N-dealkylation sites (N-methyl/N-ethyl adjacent to an activating group) is 1. The van der Waals surface area contributed by atoms with E-state index in [-0.39, 0.29) is 24.5 Å². The number of nitrogens with one attached hydrogen (secondary N) is 2. The van der Waals surface area contributed by atoms with Gasteiger partial charge in [-0.2, -0.15) is 0 Å². The highest BCUT2D eigenvalue weighted by atomic mass is 32.2. The van der Waals surface area contributed by atoms with Crippen molar-refractivity contribution in [2.45, 2.75) is 24.4 Å². The van der Waals surface area contributed by atoms with Crippen molar-refractivity contribution in [1.82, 2.24) is 30.3 Å². The topological polar surface area (TPSA) is 169 Å². The van der Waals surface area contributed by atoms with Crippen LogP contribution in [0, 0.1) is 0 Å². The molecule has 0 bridgehead atoms. The van der Waals surface area contributed by atoms with Crippen LogP contribution in [0.1, 0.15) is 24.1 Å². The summed E-state index contributed by atoms with van der Waals surface area (Å²) in [6.45, 7) is 2.17. The van der Waals surface area contributed by atoms with Gasteiger partial charge in [0.05, 0.1) is 0 Å². The Labute approximate surface area is 250 Å². The third kappa shape index (κ3) is 5.86. The number of aliphatic carboxylic acids is 1. The monoisotopic (exact) mass is 604 g/mol. The van der Waals surface area contributed by atoms with Crippen molar-refractivity contribution < 1.29 is 33.9 Å². The third-order valence-electron chi connectivity index (χ3n) is 7.26. The number of carboxylic acid groups (broad SMARTS) is 1. The molecular weight excluding hydrogens is 576 g/mol. The highest BCUT2D eigenvalue weighted by Crippen LogP contribution is 2.41. The number of hydrogen-bond acceptors (Lipinski definition) is 8. The fourth-order valence-electron chi connectivity index (χ4n) is 5.00. The van der Waals surface area contributed by atoms with E-state index in [9.17, 15) is 33.9 Å². The first-order chi connectivity index (χ1) is 20.7. The first-order valence-electron chi connectivity index (χ1n) is 13.5. The molecule has 5 rings (SSSR count). The van der Waals surface area contributed by atoms with E-state index < -0.39 is 53.1 Å². The Hall–Kier alpha value is -4.98. The molecule has 4 heterocycles. The van der Waals surface area contributed by atoms with Crippen LogP contribution in [0.2, 0.25) is 0 Å². The first-order valence-corrected chi connectivity index (χ1v) is 14.5. The number of allylic oxidation sites excluding steroid dienone is 1. The fraction of sp³-hybridized carbons (Fsp3) is 0.276. The molecule has 14 heteroatoms. The highest BCUT2D eigenvalue weighted by Gasteiger charge is 2.54. The van der Waals surface area contributed by atoms with Crippen LogP contribution >= 0.6 is 11.8 Å². The summed E-state index contributed by atoms with van der Waals surface area (Å²) in [5.74, 6) is -4.14. The van der Waals surface area contributed by atoms with Crippen molar-refractivity contribution >= 4 is 53.5 Å². The molecule has 3 N–H and O–H groups in total. The molecule has 222 valence electrons. The van der Waals surface area contributed by atoms with Gasteiger partial charge in [0.25, 0.3) is 5.91 Å². The zero-order valence-corrected chi connectivity index (χ0v) is 23.8. The lowest BCUT2D eigenvalue weighted by molar-refractivity contribution is -0.153. The number of β-lactam (4-membered cyclic amide) rings is 1. The first kappa shape index (κ1) is 29.5. The van der Waals surface area contributed by atoms with Gasteiger partial charge < -0.3 is 20.6 Å². The zero-order valence-electron chi connectivity index (χ0n) is 23.0. The summed E-state index contributed by atoms with van der Waals surface area (Å²) in [6, 6.07) is 8.53. The van der Waals surface area contributed by atoms with E-state index in [4.69, 9.17) is 0 Å². The lowest BCUT2D eigenvalue weighted by atomic mass is 10.0. The number of nitrogens with zero attached hydrogens (tertiary/aromatic N) is 4. The third-order valence-corrected chi connectivity index (χ3v) is 8.56. The molecule has 2 aromatic rings. The van der Waals surface area contributed by atoms with E-state index in [1.807, 2.05) is 6.07 Å². The molecular formula is C29H28N6O7S. The molecule has 0 spiro atoms. The molecule has 1 aromatic carbocycles. The summed E-state index contributed by atoms with van der Waals surface area (Å²) < 4.78 is 0. The van der Waals surface area contributed by atoms with Crippen molar-refractivity contribution in [1.29, 1.82) is 0 Å². The molecule has 2 saturated heterocycles. The number of fused-ring (bicyclic) bond motifs is 1. The smallest absolute Gasteiger partial charge is 0.352 e. The lowest BCUT2D eigenvalue weighted by Gasteiger charge is -2.49. The van der Waals surface area contributed by atoms with Crippen molar-refractivity contribution in [3.8, 4) is 0 Å². The number of carboxylic acids is 1. The maximum absolute atomic E-state index is 13.5. The maximum Gasteiger partial charge on any atom is 0.352 e. The number of thioether (sulfide) groups is 1. The second-order valence-corrected chi connectivity index (χ2v) is 10.9. The van der Waals surface area contributed by atoms with Crippen LogP contribution in [0.4, 0.5) is 4.79 Å². The molecule has 0 saturated carbocycles. The number of pyridine rings is 1. The molecule has 43 heavy (non-hydrogen) atoms. The van der Waals surface area contributed by atoms with E-state index in [2.05, 4.69) is 15.6 Å². The molecule has 3 atom stereocenters. The second-order valence-electron chi connectivity index (χ2n) is 9.83.